The minimum absolute atomic E-state index is 0.155. The van der Waals surface area contributed by atoms with E-state index in [-0.39, 0.29) is 17.7 Å². The van der Waals surface area contributed by atoms with E-state index in [1.54, 1.807) is 0 Å². The van der Waals surface area contributed by atoms with Gasteiger partial charge in [0.1, 0.15) is 5.00 Å². The largest absolute Gasteiger partial charge is 0.375 e. The summed E-state index contributed by atoms with van der Waals surface area (Å²) in [6.45, 7) is 2.79. The Morgan fingerprint density at radius 3 is 3.11 bits per heavy atom. The first-order chi connectivity index (χ1) is 8.67. The lowest BCUT2D eigenvalue weighted by atomic mass is 9.90. The number of hydrogen-bond donors (Lipinski definition) is 2. The standard InChI is InChI=1S/C11H16N4O2S/c1-11(4-5-17-9(11)7-2-3-7)14-10(16)13-8-6-12-15-18-8/h6-7,9H,2-5H2,1H3,(H2,13,14,16). The Labute approximate surface area is 109 Å². The summed E-state index contributed by atoms with van der Waals surface area (Å²) < 4.78 is 9.47. The fourth-order valence-corrected chi connectivity index (χ4v) is 2.95. The van der Waals surface area contributed by atoms with Crippen molar-refractivity contribution in [2.45, 2.75) is 37.8 Å². The Hall–Kier alpha value is -1.21. The fourth-order valence-electron chi connectivity index (χ4n) is 2.54. The van der Waals surface area contributed by atoms with Gasteiger partial charge in [-0.05, 0) is 32.1 Å². The van der Waals surface area contributed by atoms with E-state index in [4.69, 9.17) is 4.74 Å². The summed E-state index contributed by atoms with van der Waals surface area (Å²) in [5.74, 6) is 0.614. The van der Waals surface area contributed by atoms with Gasteiger partial charge in [0, 0.05) is 18.1 Å². The van der Waals surface area contributed by atoms with Gasteiger partial charge in [-0.3, -0.25) is 5.32 Å². The second kappa shape index (κ2) is 4.47. The molecular weight excluding hydrogens is 252 g/mol. The molecule has 2 atom stereocenters. The van der Waals surface area contributed by atoms with Crippen molar-refractivity contribution in [1.29, 1.82) is 0 Å². The maximum atomic E-state index is 11.9. The number of urea groups is 1. The molecule has 1 aliphatic carbocycles. The summed E-state index contributed by atoms with van der Waals surface area (Å²) in [5.41, 5.74) is -0.261. The van der Waals surface area contributed by atoms with Crippen molar-refractivity contribution in [3.63, 3.8) is 0 Å². The smallest absolute Gasteiger partial charge is 0.320 e. The first kappa shape index (κ1) is 11.9. The Balaban J connectivity index is 1.62. The second-order valence-corrected chi connectivity index (χ2v) is 5.94. The van der Waals surface area contributed by atoms with Crippen molar-refractivity contribution >= 4 is 22.6 Å². The zero-order valence-corrected chi connectivity index (χ0v) is 11.0. The second-order valence-electron chi connectivity index (χ2n) is 5.16. The van der Waals surface area contributed by atoms with Crippen LogP contribution in [0.25, 0.3) is 0 Å². The maximum absolute atomic E-state index is 11.9. The van der Waals surface area contributed by atoms with Gasteiger partial charge in [0.25, 0.3) is 0 Å². The number of rotatable bonds is 3. The van der Waals surface area contributed by atoms with E-state index < -0.39 is 0 Å². The number of carbonyl (C=O) groups excluding carboxylic acids is 1. The maximum Gasteiger partial charge on any atom is 0.320 e. The number of hydrogen-bond acceptors (Lipinski definition) is 5. The lowest BCUT2D eigenvalue weighted by molar-refractivity contribution is 0.0597. The molecule has 7 heteroatoms. The third kappa shape index (κ3) is 2.32. The normalized spacial score (nSPS) is 31.3. The SMILES string of the molecule is CC1(NC(=O)Nc2cnns2)CCOC1C1CC1. The first-order valence-electron chi connectivity index (χ1n) is 6.15. The molecule has 0 spiro atoms. The summed E-state index contributed by atoms with van der Waals surface area (Å²) in [6, 6.07) is -0.209. The molecule has 2 fully saturated rings. The summed E-state index contributed by atoms with van der Waals surface area (Å²) >= 11 is 1.16. The van der Waals surface area contributed by atoms with Crippen molar-refractivity contribution in [1.82, 2.24) is 14.9 Å². The molecular formula is C11H16N4O2S. The van der Waals surface area contributed by atoms with Crippen LogP contribution in [0.3, 0.4) is 0 Å². The highest BCUT2D eigenvalue weighted by atomic mass is 32.1. The van der Waals surface area contributed by atoms with Gasteiger partial charge in [-0.15, -0.1) is 5.10 Å². The molecule has 2 unspecified atom stereocenters. The average molecular weight is 268 g/mol. The van der Waals surface area contributed by atoms with Crippen molar-refractivity contribution in [3.8, 4) is 0 Å². The third-order valence-electron chi connectivity index (χ3n) is 3.59. The van der Waals surface area contributed by atoms with Gasteiger partial charge in [0.05, 0.1) is 17.8 Å². The van der Waals surface area contributed by atoms with Gasteiger partial charge in [-0.1, -0.05) is 4.49 Å². The zero-order valence-electron chi connectivity index (χ0n) is 10.2. The van der Waals surface area contributed by atoms with Crippen molar-refractivity contribution < 1.29 is 9.53 Å². The number of anilines is 1. The van der Waals surface area contributed by atoms with Crippen LogP contribution in [0.4, 0.5) is 9.80 Å². The van der Waals surface area contributed by atoms with Crippen LogP contribution in [0.2, 0.25) is 0 Å². The summed E-state index contributed by atoms with van der Waals surface area (Å²) in [5, 5.41) is 10.1. The van der Waals surface area contributed by atoms with Gasteiger partial charge in [-0.2, -0.15) is 0 Å². The van der Waals surface area contributed by atoms with E-state index in [2.05, 4.69) is 27.1 Å². The summed E-state index contributed by atoms with van der Waals surface area (Å²) in [6.07, 6.45) is 4.98. The van der Waals surface area contributed by atoms with Gasteiger partial charge in [0.2, 0.25) is 0 Å². The van der Waals surface area contributed by atoms with E-state index >= 15 is 0 Å². The number of aromatic nitrogens is 2. The number of amides is 2. The highest BCUT2D eigenvalue weighted by molar-refractivity contribution is 7.10. The third-order valence-corrected chi connectivity index (χ3v) is 4.17. The lowest BCUT2D eigenvalue weighted by Crippen LogP contribution is -2.53. The Morgan fingerprint density at radius 1 is 1.61 bits per heavy atom. The molecule has 2 aliphatic rings. The zero-order chi connectivity index (χ0) is 12.6. The quantitative estimate of drug-likeness (QED) is 0.873. The van der Waals surface area contributed by atoms with Gasteiger partial charge in [0.15, 0.2) is 0 Å². The molecule has 18 heavy (non-hydrogen) atoms. The van der Waals surface area contributed by atoms with Gasteiger partial charge < -0.3 is 10.1 Å². The first-order valence-corrected chi connectivity index (χ1v) is 6.93. The van der Waals surface area contributed by atoms with Crippen LogP contribution in [-0.4, -0.2) is 33.9 Å². The molecule has 0 aromatic carbocycles. The Kier molecular flexibility index (Phi) is 2.95. The van der Waals surface area contributed by atoms with Crippen LogP contribution in [-0.2, 0) is 4.74 Å². The fraction of sp³-hybridized carbons (Fsp3) is 0.727. The molecule has 0 radical (unpaired) electrons. The molecule has 2 heterocycles. The average Bonchev–Trinajstić information content (AvgIpc) is 2.89. The molecule has 2 amide bonds. The molecule has 2 N–H and O–H groups in total. The number of carbonyl (C=O) groups is 1. The highest BCUT2D eigenvalue weighted by Crippen LogP contribution is 2.43. The summed E-state index contributed by atoms with van der Waals surface area (Å²) in [4.78, 5) is 11.9. The van der Waals surface area contributed by atoms with Crippen molar-refractivity contribution in [3.05, 3.63) is 6.20 Å². The van der Waals surface area contributed by atoms with Crippen LogP contribution in [0, 0.1) is 5.92 Å². The lowest BCUT2D eigenvalue weighted by Gasteiger charge is -2.31. The predicted molar refractivity (Wildman–Crippen MR) is 67.5 cm³/mol. The predicted octanol–water partition coefficient (Wildman–Crippen LogP) is 1.62. The van der Waals surface area contributed by atoms with Crippen LogP contribution < -0.4 is 10.6 Å². The Morgan fingerprint density at radius 2 is 2.44 bits per heavy atom. The van der Waals surface area contributed by atoms with Crippen LogP contribution in [0.15, 0.2) is 6.20 Å². The molecule has 1 aromatic heterocycles. The van der Waals surface area contributed by atoms with E-state index in [0.717, 1.165) is 24.6 Å². The molecule has 0 bridgehead atoms. The molecule has 3 rings (SSSR count). The van der Waals surface area contributed by atoms with E-state index in [1.165, 1.54) is 19.0 Å². The van der Waals surface area contributed by atoms with Crippen molar-refractivity contribution in [2.24, 2.45) is 5.92 Å². The molecule has 98 valence electrons. The van der Waals surface area contributed by atoms with Gasteiger partial charge >= 0.3 is 6.03 Å². The molecule has 1 aromatic rings. The minimum atomic E-state index is -0.261. The van der Waals surface area contributed by atoms with E-state index in [9.17, 15) is 4.79 Å². The highest BCUT2D eigenvalue weighted by Gasteiger charge is 2.49. The van der Waals surface area contributed by atoms with E-state index in [1.807, 2.05) is 0 Å². The number of nitrogens with zero attached hydrogens (tertiary/aromatic N) is 2. The monoisotopic (exact) mass is 268 g/mol. The molecule has 1 saturated heterocycles. The molecule has 1 saturated carbocycles. The van der Waals surface area contributed by atoms with Crippen LogP contribution >= 0.6 is 11.5 Å². The van der Waals surface area contributed by atoms with E-state index in [0.29, 0.717) is 10.9 Å². The minimum Gasteiger partial charge on any atom is -0.375 e. The van der Waals surface area contributed by atoms with Gasteiger partial charge in [-0.25, -0.2) is 4.79 Å². The molecule has 6 nitrogen and oxygen atoms in total. The Bertz CT molecular complexity index is 434. The molecule has 1 aliphatic heterocycles. The summed E-state index contributed by atoms with van der Waals surface area (Å²) in [7, 11) is 0. The number of nitrogens with one attached hydrogen (secondary N) is 2. The topological polar surface area (TPSA) is 76.1 Å². The van der Waals surface area contributed by atoms with Crippen LogP contribution in [0.1, 0.15) is 26.2 Å². The van der Waals surface area contributed by atoms with Crippen LogP contribution in [0.5, 0.6) is 0 Å². The van der Waals surface area contributed by atoms with Crippen molar-refractivity contribution in [2.75, 3.05) is 11.9 Å². The number of ether oxygens (including phenoxy) is 1.